The van der Waals surface area contributed by atoms with Gasteiger partial charge in [-0.1, -0.05) is 89.7 Å². The SMILES string of the molecule is CCCCCCCC/C=C/CCCCCCCCCCC[N+](CCCC(=O)[O-])(CCCC(=O)O)CCCC(=O)O. The van der Waals surface area contributed by atoms with Gasteiger partial charge in [0.15, 0.2) is 0 Å². The van der Waals surface area contributed by atoms with Crippen LogP contribution in [0.5, 0.6) is 0 Å². The third-order valence-corrected chi connectivity index (χ3v) is 7.95. The number of quaternary nitrogens is 1. The molecule has 7 heteroatoms. The molecule has 0 aromatic heterocycles. The molecule has 234 valence electrons. The lowest BCUT2D eigenvalue weighted by Crippen LogP contribution is -2.51. The van der Waals surface area contributed by atoms with E-state index < -0.39 is 17.9 Å². The maximum absolute atomic E-state index is 11.1. The Morgan fingerprint density at radius 3 is 1.27 bits per heavy atom. The highest BCUT2D eigenvalue weighted by Crippen LogP contribution is 2.19. The van der Waals surface area contributed by atoms with Gasteiger partial charge in [0, 0.05) is 25.2 Å². The summed E-state index contributed by atoms with van der Waals surface area (Å²) in [5.74, 6) is -2.74. The number of hydrogen-bond acceptors (Lipinski definition) is 4. The van der Waals surface area contributed by atoms with Crippen LogP contribution in [0.2, 0.25) is 0 Å². The number of hydrogen-bond donors (Lipinski definition) is 2. The molecular formula is C33H61NO6. The first-order valence-corrected chi connectivity index (χ1v) is 16.4. The molecule has 0 atom stereocenters. The Morgan fingerprint density at radius 1 is 0.525 bits per heavy atom. The Morgan fingerprint density at radius 2 is 0.875 bits per heavy atom. The fraction of sp³-hybridized carbons (Fsp3) is 0.848. The second-order valence-electron chi connectivity index (χ2n) is 11.7. The Bertz CT molecular complexity index is 613. The summed E-state index contributed by atoms with van der Waals surface area (Å²) < 4.78 is 0.612. The highest BCUT2D eigenvalue weighted by Gasteiger charge is 2.26. The molecule has 0 aliphatic rings. The van der Waals surface area contributed by atoms with Crippen molar-refractivity contribution in [3.8, 4) is 0 Å². The Labute approximate surface area is 245 Å². The highest BCUT2D eigenvalue weighted by molar-refractivity contribution is 5.66. The van der Waals surface area contributed by atoms with Crippen molar-refractivity contribution in [2.45, 2.75) is 155 Å². The fourth-order valence-corrected chi connectivity index (χ4v) is 5.59. The average molecular weight is 568 g/mol. The third-order valence-electron chi connectivity index (χ3n) is 7.95. The maximum atomic E-state index is 11.1. The molecule has 0 rings (SSSR count). The van der Waals surface area contributed by atoms with Crippen molar-refractivity contribution in [1.82, 2.24) is 0 Å². The van der Waals surface area contributed by atoms with E-state index >= 15 is 0 Å². The quantitative estimate of drug-likeness (QED) is 0.0517. The fourth-order valence-electron chi connectivity index (χ4n) is 5.59. The number of carbonyl (C=O) groups excluding carboxylic acids is 1. The van der Waals surface area contributed by atoms with E-state index in [1.165, 1.54) is 96.3 Å². The zero-order chi connectivity index (χ0) is 29.7. The van der Waals surface area contributed by atoms with Gasteiger partial charge >= 0.3 is 11.9 Å². The van der Waals surface area contributed by atoms with Crippen LogP contribution in [0.4, 0.5) is 0 Å². The summed E-state index contributed by atoms with van der Waals surface area (Å²) in [6.45, 7) is 5.02. The molecule has 0 amide bonds. The van der Waals surface area contributed by atoms with Crippen molar-refractivity contribution in [3.05, 3.63) is 12.2 Å². The van der Waals surface area contributed by atoms with Crippen LogP contribution in [-0.4, -0.2) is 58.8 Å². The molecule has 0 aliphatic carbocycles. The number of carbonyl (C=O) groups is 3. The Kier molecular flexibility index (Phi) is 26.0. The van der Waals surface area contributed by atoms with Crippen LogP contribution in [0.3, 0.4) is 0 Å². The molecule has 0 heterocycles. The van der Waals surface area contributed by atoms with Crippen molar-refractivity contribution >= 4 is 17.9 Å². The molecule has 0 radical (unpaired) electrons. The largest absolute Gasteiger partial charge is 0.550 e. The lowest BCUT2D eigenvalue weighted by atomic mass is 10.0. The molecule has 0 aromatic carbocycles. The summed E-state index contributed by atoms with van der Waals surface area (Å²) in [5.41, 5.74) is 0. The zero-order valence-electron chi connectivity index (χ0n) is 25.7. The lowest BCUT2D eigenvalue weighted by molar-refractivity contribution is -0.929. The van der Waals surface area contributed by atoms with Gasteiger partial charge in [-0.05, 0) is 44.9 Å². The van der Waals surface area contributed by atoms with E-state index in [2.05, 4.69) is 19.1 Å². The smallest absolute Gasteiger partial charge is 0.303 e. The predicted molar refractivity (Wildman–Crippen MR) is 161 cm³/mol. The molecule has 0 saturated heterocycles. The second-order valence-corrected chi connectivity index (χ2v) is 11.7. The molecule has 0 unspecified atom stereocenters. The number of carboxylic acids is 3. The summed E-state index contributed by atoms with van der Waals surface area (Å²) in [7, 11) is 0. The molecule has 0 spiro atoms. The van der Waals surface area contributed by atoms with Gasteiger partial charge in [0.1, 0.15) is 0 Å². The number of rotatable bonds is 31. The van der Waals surface area contributed by atoms with Crippen LogP contribution in [0.1, 0.15) is 155 Å². The van der Waals surface area contributed by atoms with Gasteiger partial charge < -0.3 is 24.6 Å². The number of unbranched alkanes of at least 4 members (excludes halogenated alkanes) is 15. The normalized spacial score (nSPS) is 11.8. The molecule has 0 fully saturated rings. The molecule has 0 bridgehead atoms. The van der Waals surface area contributed by atoms with E-state index in [1.807, 2.05) is 0 Å². The van der Waals surface area contributed by atoms with Crippen molar-refractivity contribution in [2.24, 2.45) is 0 Å². The van der Waals surface area contributed by atoms with Crippen LogP contribution in [-0.2, 0) is 14.4 Å². The summed E-state index contributed by atoms with van der Waals surface area (Å²) in [5, 5.41) is 29.1. The average Bonchev–Trinajstić information content (AvgIpc) is 2.89. The number of allylic oxidation sites excluding steroid dienone is 2. The first-order valence-electron chi connectivity index (χ1n) is 16.4. The van der Waals surface area contributed by atoms with Gasteiger partial charge in [-0.25, -0.2) is 0 Å². The van der Waals surface area contributed by atoms with Crippen molar-refractivity contribution in [1.29, 1.82) is 0 Å². The van der Waals surface area contributed by atoms with Gasteiger partial charge in [-0.2, -0.15) is 0 Å². The molecular weight excluding hydrogens is 506 g/mol. The van der Waals surface area contributed by atoms with Crippen LogP contribution in [0.15, 0.2) is 12.2 Å². The van der Waals surface area contributed by atoms with E-state index in [-0.39, 0.29) is 19.3 Å². The van der Waals surface area contributed by atoms with Gasteiger partial charge in [-0.15, -0.1) is 0 Å². The van der Waals surface area contributed by atoms with Crippen molar-refractivity contribution < 1.29 is 34.2 Å². The number of carboxylic acid groups (broad SMARTS) is 3. The van der Waals surface area contributed by atoms with E-state index in [0.29, 0.717) is 43.4 Å². The van der Waals surface area contributed by atoms with Crippen LogP contribution in [0.25, 0.3) is 0 Å². The minimum Gasteiger partial charge on any atom is -0.550 e. The molecule has 2 N–H and O–H groups in total. The third kappa shape index (κ3) is 26.3. The topological polar surface area (TPSA) is 115 Å². The van der Waals surface area contributed by atoms with Crippen LogP contribution in [0, 0.1) is 0 Å². The van der Waals surface area contributed by atoms with Gasteiger partial charge in [0.05, 0.1) is 39.0 Å². The minimum atomic E-state index is -1.07. The molecule has 0 aromatic rings. The first kappa shape index (κ1) is 38.1. The number of nitrogens with zero attached hydrogens (tertiary/aromatic N) is 1. The van der Waals surface area contributed by atoms with E-state index in [0.717, 1.165) is 19.4 Å². The summed E-state index contributed by atoms with van der Waals surface area (Å²) >= 11 is 0. The van der Waals surface area contributed by atoms with Crippen LogP contribution < -0.4 is 5.11 Å². The summed E-state index contributed by atoms with van der Waals surface area (Å²) in [6, 6.07) is 0. The monoisotopic (exact) mass is 567 g/mol. The Hall–Kier alpha value is -1.89. The summed E-state index contributed by atoms with van der Waals surface area (Å²) in [4.78, 5) is 33.1. The van der Waals surface area contributed by atoms with Gasteiger partial charge in [0.2, 0.25) is 0 Å². The summed E-state index contributed by atoms with van der Waals surface area (Å²) in [6.07, 6.45) is 27.9. The van der Waals surface area contributed by atoms with E-state index in [9.17, 15) is 19.5 Å². The lowest BCUT2D eigenvalue weighted by Gasteiger charge is -2.39. The minimum absolute atomic E-state index is 0.0205. The second kappa shape index (κ2) is 27.3. The zero-order valence-corrected chi connectivity index (χ0v) is 25.7. The van der Waals surface area contributed by atoms with E-state index in [1.54, 1.807) is 0 Å². The van der Waals surface area contributed by atoms with Crippen molar-refractivity contribution in [3.63, 3.8) is 0 Å². The highest BCUT2D eigenvalue weighted by atomic mass is 16.4. The van der Waals surface area contributed by atoms with Crippen molar-refractivity contribution in [2.75, 3.05) is 26.2 Å². The van der Waals surface area contributed by atoms with Gasteiger partial charge in [0.25, 0.3) is 0 Å². The molecule has 7 nitrogen and oxygen atoms in total. The first-order chi connectivity index (χ1) is 19.3. The van der Waals surface area contributed by atoms with E-state index in [4.69, 9.17) is 10.2 Å². The predicted octanol–water partition coefficient (Wildman–Crippen LogP) is 7.27. The molecule has 40 heavy (non-hydrogen) atoms. The molecule has 0 aliphatic heterocycles. The molecule has 0 saturated carbocycles. The number of aliphatic carboxylic acids is 3. The maximum Gasteiger partial charge on any atom is 0.303 e. The Balaban J connectivity index is 4.14. The van der Waals surface area contributed by atoms with Gasteiger partial charge in [-0.3, -0.25) is 9.59 Å². The standard InChI is InChI=1S/C33H61NO6/c1-2-3-4-5-6-7-8-9-10-11-12-13-14-15-16-17-18-19-20-27-34(28-21-24-31(35)36,29-22-25-32(37)38)30-23-26-33(39)40/h9-10H,2-8,11-30H2,1H3,(H2-,35,36,37,38,39,40)/b10-9+. The van der Waals surface area contributed by atoms with Crippen LogP contribution >= 0.6 is 0 Å².